The number of carbonyl (C=O) groups is 1. The third-order valence-electron chi connectivity index (χ3n) is 1.64. The molecule has 7 heteroatoms. The molecule has 14 heavy (non-hydrogen) atoms. The highest BCUT2D eigenvalue weighted by Crippen LogP contribution is 2.08. The van der Waals surface area contributed by atoms with Crippen molar-refractivity contribution < 1.29 is 9.90 Å². The largest absolute Gasteiger partial charge is 0.481 e. The lowest BCUT2D eigenvalue weighted by atomic mass is 10.4. The zero-order chi connectivity index (χ0) is 10.1. The van der Waals surface area contributed by atoms with Crippen LogP contribution in [0.5, 0.6) is 0 Å². The Labute approximate surface area is 86.7 Å². The third kappa shape index (κ3) is 1.58. The monoisotopic (exact) mass is 256 g/mol. The minimum atomic E-state index is -0.938. The number of fused-ring (bicyclic) bond motifs is 1. The predicted molar refractivity (Wildman–Crippen MR) is 49.8 cm³/mol. The molecule has 0 fully saturated rings. The summed E-state index contributed by atoms with van der Waals surface area (Å²) in [5.41, 5.74) is 0.532. The van der Waals surface area contributed by atoms with E-state index >= 15 is 0 Å². The molecule has 0 aromatic carbocycles. The van der Waals surface area contributed by atoms with Crippen molar-refractivity contribution in [2.75, 3.05) is 0 Å². The van der Waals surface area contributed by atoms with Crippen LogP contribution in [0.15, 0.2) is 17.0 Å². The van der Waals surface area contributed by atoms with Crippen molar-refractivity contribution in [1.29, 1.82) is 0 Å². The van der Waals surface area contributed by atoms with Crippen LogP contribution in [0.2, 0.25) is 0 Å². The molecule has 2 heterocycles. The summed E-state index contributed by atoms with van der Waals surface area (Å²) in [6.45, 7) is 0. The average Bonchev–Trinajstić information content (AvgIpc) is 2.47. The fourth-order valence-electron chi connectivity index (χ4n) is 1.08. The summed E-state index contributed by atoms with van der Waals surface area (Å²) >= 11 is 3.18. The van der Waals surface area contributed by atoms with Gasteiger partial charge in [0, 0.05) is 6.20 Å². The van der Waals surface area contributed by atoms with Crippen molar-refractivity contribution in [2.24, 2.45) is 0 Å². The summed E-state index contributed by atoms with van der Waals surface area (Å²) < 4.78 is 2.20. The molecule has 2 aromatic heterocycles. The third-order valence-corrected chi connectivity index (χ3v) is 2.05. The molecular weight excluding hydrogens is 252 g/mol. The zero-order valence-electron chi connectivity index (χ0n) is 6.88. The standard InChI is InChI=1S/C7H5BrN4O2/c8-4-3-12-5(1-7(13)14)10-11-6(12)2-9-4/h2-3H,1H2,(H,13,14). The molecule has 6 nitrogen and oxygen atoms in total. The first-order valence-electron chi connectivity index (χ1n) is 3.74. The van der Waals surface area contributed by atoms with E-state index < -0.39 is 5.97 Å². The Balaban J connectivity index is 2.55. The quantitative estimate of drug-likeness (QED) is 0.847. The minimum absolute atomic E-state index is 0.155. The molecule has 2 rings (SSSR count). The van der Waals surface area contributed by atoms with Gasteiger partial charge in [-0.25, -0.2) is 4.98 Å². The maximum atomic E-state index is 10.5. The topological polar surface area (TPSA) is 80.4 Å². The molecule has 72 valence electrons. The van der Waals surface area contributed by atoms with Crippen molar-refractivity contribution in [2.45, 2.75) is 6.42 Å². The van der Waals surface area contributed by atoms with Crippen LogP contribution in [0.25, 0.3) is 5.65 Å². The van der Waals surface area contributed by atoms with Gasteiger partial charge in [0.25, 0.3) is 0 Å². The molecule has 0 saturated carbocycles. The predicted octanol–water partition coefficient (Wildman–Crippen LogP) is 0.514. The van der Waals surface area contributed by atoms with Gasteiger partial charge in [-0.15, -0.1) is 10.2 Å². The second-order valence-corrected chi connectivity index (χ2v) is 3.44. The molecule has 0 amide bonds. The summed E-state index contributed by atoms with van der Waals surface area (Å²) in [7, 11) is 0. The van der Waals surface area contributed by atoms with Crippen LogP contribution >= 0.6 is 15.9 Å². The molecule has 0 aliphatic rings. The molecule has 0 aliphatic carbocycles. The van der Waals surface area contributed by atoms with Gasteiger partial charge in [0.05, 0.1) is 6.20 Å². The lowest BCUT2D eigenvalue weighted by Crippen LogP contribution is -2.04. The van der Waals surface area contributed by atoms with Gasteiger partial charge < -0.3 is 5.11 Å². The number of hydrogen-bond donors (Lipinski definition) is 1. The first kappa shape index (κ1) is 9.07. The summed E-state index contributed by atoms with van der Waals surface area (Å²) in [6.07, 6.45) is 2.99. The van der Waals surface area contributed by atoms with E-state index in [4.69, 9.17) is 5.11 Å². The van der Waals surface area contributed by atoms with Crippen molar-refractivity contribution in [3.63, 3.8) is 0 Å². The van der Waals surface area contributed by atoms with Crippen LogP contribution < -0.4 is 0 Å². The Morgan fingerprint density at radius 2 is 2.36 bits per heavy atom. The van der Waals surface area contributed by atoms with Gasteiger partial charge in [0.2, 0.25) is 0 Å². The number of carboxylic acids is 1. The molecule has 0 atom stereocenters. The van der Waals surface area contributed by atoms with E-state index in [0.29, 0.717) is 16.1 Å². The number of halogens is 1. The Morgan fingerprint density at radius 1 is 1.57 bits per heavy atom. The maximum Gasteiger partial charge on any atom is 0.311 e. The van der Waals surface area contributed by atoms with Gasteiger partial charge in [0.15, 0.2) is 5.65 Å². The Morgan fingerprint density at radius 3 is 3.07 bits per heavy atom. The molecule has 0 saturated heterocycles. The van der Waals surface area contributed by atoms with Crippen LogP contribution in [-0.4, -0.2) is 30.7 Å². The van der Waals surface area contributed by atoms with E-state index in [1.807, 2.05) is 0 Å². The molecule has 0 bridgehead atoms. The SMILES string of the molecule is O=C(O)Cc1nnc2cnc(Br)cn12. The smallest absolute Gasteiger partial charge is 0.311 e. The van der Waals surface area contributed by atoms with Gasteiger partial charge in [-0.3, -0.25) is 9.20 Å². The number of aliphatic carboxylic acids is 1. The fourth-order valence-corrected chi connectivity index (χ4v) is 1.39. The number of aromatic nitrogens is 4. The maximum absolute atomic E-state index is 10.5. The van der Waals surface area contributed by atoms with Gasteiger partial charge in [0.1, 0.15) is 16.8 Å². The van der Waals surface area contributed by atoms with Crippen molar-refractivity contribution in [1.82, 2.24) is 19.6 Å². The van der Waals surface area contributed by atoms with Crippen molar-refractivity contribution in [3.8, 4) is 0 Å². The molecule has 0 radical (unpaired) electrons. The van der Waals surface area contributed by atoms with E-state index in [-0.39, 0.29) is 6.42 Å². The van der Waals surface area contributed by atoms with Crippen molar-refractivity contribution >= 4 is 27.5 Å². The highest BCUT2D eigenvalue weighted by molar-refractivity contribution is 9.10. The van der Waals surface area contributed by atoms with Gasteiger partial charge in [-0.1, -0.05) is 0 Å². The fraction of sp³-hybridized carbons (Fsp3) is 0.143. The molecule has 0 spiro atoms. The molecular formula is C7H5BrN4O2. The summed E-state index contributed by atoms with van der Waals surface area (Å²) in [4.78, 5) is 14.4. The van der Waals surface area contributed by atoms with Crippen molar-refractivity contribution in [3.05, 3.63) is 22.8 Å². The average molecular weight is 257 g/mol. The lowest BCUT2D eigenvalue weighted by molar-refractivity contribution is -0.136. The first-order chi connectivity index (χ1) is 6.66. The molecule has 0 unspecified atom stereocenters. The summed E-state index contributed by atoms with van der Waals surface area (Å²) in [5.74, 6) is -0.553. The second-order valence-electron chi connectivity index (χ2n) is 2.62. The van der Waals surface area contributed by atoms with Crippen LogP contribution in [0.4, 0.5) is 0 Å². The molecule has 2 aromatic rings. The van der Waals surface area contributed by atoms with E-state index in [1.165, 1.54) is 6.20 Å². The van der Waals surface area contributed by atoms with E-state index in [0.717, 1.165) is 0 Å². The van der Waals surface area contributed by atoms with Crippen LogP contribution in [0, 0.1) is 0 Å². The van der Waals surface area contributed by atoms with Crippen LogP contribution in [0.3, 0.4) is 0 Å². The van der Waals surface area contributed by atoms with Gasteiger partial charge in [-0.05, 0) is 15.9 Å². The van der Waals surface area contributed by atoms with E-state index in [1.54, 1.807) is 10.6 Å². The zero-order valence-corrected chi connectivity index (χ0v) is 8.47. The minimum Gasteiger partial charge on any atom is -0.481 e. The van der Waals surface area contributed by atoms with Gasteiger partial charge in [-0.2, -0.15) is 0 Å². The highest BCUT2D eigenvalue weighted by atomic mass is 79.9. The Bertz CT molecular complexity index is 495. The van der Waals surface area contributed by atoms with Gasteiger partial charge >= 0.3 is 5.97 Å². The summed E-state index contributed by atoms with van der Waals surface area (Å²) in [5, 5.41) is 16.1. The Hall–Kier alpha value is -1.50. The second kappa shape index (κ2) is 3.33. The number of hydrogen-bond acceptors (Lipinski definition) is 4. The molecule has 0 aliphatic heterocycles. The molecule has 1 N–H and O–H groups in total. The van der Waals surface area contributed by atoms with Crippen LogP contribution in [-0.2, 0) is 11.2 Å². The van der Waals surface area contributed by atoms with Crippen LogP contribution in [0.1, 0.15) is 5.82 Å². The highest BCUT2D eigenvalue weighted by Gasteiger charge is 2.09. The normalized spacial score (nSPS) is 10.6. The lowest BCUT2D eigenvalue weighted by Gasteiger charge is -1.96. The van der Waals surface area contributed by atoms with E-state index in [2.05, 4.69) is 31.1 Å². The Kier molecular flexibility index (Phi) is 2.16. The number of carboxylic acid groups (broad SMARTS) is 1. The van der Waals surface area contributed by atoms with E-state index in [9.17, 15) is 4.79 Å². The number of rotatable bonds is 2. The summed E-state index contributed by atoms with van der Waals surface area (Å²) in [6, 6.07) is 0. The first-order valence-corrected chi connectivity index (χ1v) is 4.53. The number of nitrogens with zero attached hydrogens (tertiary/aromatic N) is 4.